The van der Waals surface area contributed by atoms with Crippen LogP contribution in [0.4, 0.5) is 0 Å². The van der Waals surface area contributed by atoms with Crippen LogP contribution >= 0.6 is 24.0 Å². The molecule has 0 heterocycles. The van der Waals surface area contributed by atoms with Crippen molar-refractivity contribution in [1.29, 1.82) is 0 Å². The molecule has 0 saturated heterocycles. The molecule has 0 unspecified atom stereocenters. The van der Waals surface area contributed by atoms with Crippen molar-refractivity contribution in [2.45, 2.75) is 0 Å². The van der Waals surface area contributed by atoms with Crippen LogP contribution in [0, 0.1) is 0 Å². The molecule has 0 N–H and O–H groups in total. The van der Waals surface area contributed by atoms with Gasteiger partial charge in [0.05, 0.1) is 0 Å². The van der Waals surface area contributed by atoms with E-state index in [1.165, 1.54) is 0 Å². The number of hydrogen-bond acceptors (Lipinski definition) is 0. The first-order chi connectivity index (χ1) is 1.41. The van der Waals surface area contributed by atoms with Gasteiger partial charge in [0.1, 0.15) is 0 Å². The molecular weight excluding hydrogens is 261 g/mol. The average Bonchev–Trinajstić information content (AvgIpc) is 0.918. The molecule has 0 aromatic carbocycles. The molecule has 0 saturated carbocycles. The van der Waals surface area contributed by atoms with Crippen LogP contribution in [0.5, 0.6) is 0 Å². The van der Waals surface area contributed by atoms with E-state index in [1.54, 1.807) is 0 Å². The standard InChI is InChI=1S/BrClGeH.GeH3/c1-3-2;/h3H;1H3. The molecule has 0 spiro atoms. The Balaban J connectivity index is 0. The van der Waals surface area contributed by atoms with Crippen molar-refractivity contribution in [1.82, 2.24) is 0 Å². The number of hydrogen-bond donors (Lipinski definition) is 0. The summed E-state index contributed by atoms with van der Waals surface area (Å²) in [7, 11) is 5.07. The average molecular weight is 265 g/mol. The van der Waals surface area contributed by atoms with Gasteiger partial charge in [0, 0.05) is 0 Å². The Morgan fingerprint density at radius 3 is 1.75 bits per heavy atom. The predicted octanol–water partition coefficient (Wildman–Crippen LogP) is -0.297. The molecule has 0 amide bonds. The van der Waals surface area contributed by atoms with Gasteiger partial charge in [-0.2, -0.15) is 0 Å². The fourth-order valence-electron chi connectivity index (χ4n) is 0. The minimum atomic E-state index is -0.403. The van der Waals surface area contributed by atoms with Crippen LogP contribution in [-0.2, 0) is 0 Å². The molecule has 2 radical (unpaired) electrons. The van der Waals surface area contributed by atoms with Gasteiger partial charge in [-0.3, -0.25) is 0 Å². The quantitative estimate of drug-likeness (QED) is 0.527. The molecule has 0 atom stereocenters. The van der Waals surface area contributed by atoms with Crippen LogP contribution < -0.4 is 0 Å². The molecule has 0 aliphatic rings. The minimum absolute atomic E-state index is 0. The van der Waals surface area contributed by atoms with Gasteiger partial charge in [-0.25, -0.2) is 0 Å². The third-order valence-corrected chi connectivity index (χ3v) is 0. The second-order valence-corrected chi connectivity index (χ2v) is 6.68. The SMILES string of the molecule is [Cl][GeH][Br].[GeH3]. The van der Waals surface area contributed by atoms with Crippen LogP contribution in [0.3, 0.4) is 0 Å². The Hall–Kier alpha value is 1.86. The molecule has 0 aliphatic carbocycles. The zero-order valence-electron chi connectivity index (χ0n) is 2.33. The maximum atomic E-state index is 5.07. The van der Waals surface area contributed by atoms with E-state index in [2.05, 4.69) is 14.0 Å². The van der Waals surface area contributed by atoms with Gasteiger partial charge in [0.25, 0.3) is 0 Å². The van der Waals surface area contributed by atoms with Crippen LogP contribution in [0.1, 0.15) is 0 Å². The van der Waals surface area contributed by atoms with Gasteiger partial charge in [-0.05, 0) is 0 Å². The monoisotopic (exact) mass is 266 g/mol. The summed E-state index contributed by atoms with van der Waals surface area (Å²) in [5, 5.41) is 0. The van der Waals surface area contributed by atoms with Crippen LogP contribution in [-0.4, -0.2) is 30.3 Å². The van der Waals surface area contributed by atoms with E-state index in [1.807, 2.05) is 0 Å². The van der Waals surface area contributed by atoms with E-state index < -0.39 is 12.7 Å². The van der Waals surface area contributed by atoms with Gasteiger partial charge in [-0.1, -0.05) is 0 Å². The van der Waals surface area contributed by atoms with Gasteiger partial charge in [-0.15, -0.1) is 0 Å². The molecule has 0 fully saturated rings. The topological polar surface area (TPSA) is 0 Å². The Morgan fingerprint density at radius 1 is 1.75 bits per heavy atom. The summed E-state index contributed by atoms with van der Waals surface area (Å²) in [4.78, 5) is 0. The summed E-state index contributed by atoms with van der Waals surface area (Å²) in [5.41, 5.74) is 0. The molecule has 26 valence electrons. The molecule has 0 nitrogen and oxygen atoms in total. The molecule has 0 rings (SSSR count). The third kappa shape index (κ3) is 9.13. The van der Waals surface area contributed by atoms with Gasteiger partial charge in [0.2, 0.25) is 0 Å². The van der Waals surface area contributed by atoms with E-state index in [0.29, 0.717) is 0 Å². The number of halogens is 2. The first-order valence-corrected chi connectivity index (χ1v) is 9.29. The third-order valence-electron chi connectivity index (χ3n) is 0. The van der Waals surface area contributed by atoms with Gasteiger partial charge < -0.3 is 0 Å². The van der Waals surface area contributed by atoms with Crippen molar-refractivity contribution in [3.05, 3.63) is 0 Å². The van der Waals surface area contributed by atoms with Crippen LogP contribution in [0.15, 0.2) is 0 Å². The molecular formula is H4BrClGe2. The van der Waals surface area contributed by atoms with E-state index >= 15 is 0 Å². The molecule has 4 heteroatoms. The Morgan fingerprint density at radius 2 is 1.75 bits per heavy atom. The summed E-state index contributed by atoms with van der Waals surface area (Å²) in [6, 6.07) is 0. The van der Waals surface area contributed by atoms with Crippen molar-refractivity contribution in [2.24, 2.45) is 0 Å². The van der Waals surface area contributed by atoms with E-state index in [4.69, 9.17) is 10.0 Å². The van der Waals surface area contributed by atoms with E-state index in [9.17, 15) is 0 Å². The van der Waals surface area contributed by atoms with Gasteiger partial charge in [0.15, 0.2) is 0 Å². The fraction of sp³-hybridized carbons (Fsp3) is 0. The fourth-order valence-corrected chi connectivity index (χ4v) is 0. The van der Waals surface area contributed by atoms with E-state index in [0.717, 1.165) is 0 Å². The first kappa shape index (κ1) is 9.29. The Bertz CT molecular complexity index is 6.00. The summed E-state index contributed by atoms with van der Waals surface area (Å²) in [6.07, 6.45) is 0. The zero-order chi connectivity index (χ0) is 2.71. The first-order valence-electron chi connectivity index (χ1n) is 0.436. The summed E-state index contributed by atoms with van der Waals surface area (Å²) in [5.74, 6) is 0. The van der Waals surface area contributed by atoms with Crippen molar-refractivity contribution < 1.29 is 0 Å². The molecule has 0 aromatic heterocycles. The molecule has 4 heavy (non-hydrogen) atoms. The van der Waals surface area contributed by atoms with Crippen molar-refractivity contribution >= 4 is 54.3 Å². The zero-order valence-corrected chi connectivity index (χ0v) is 11.3. The summed E-state index contributed by atoms with van der Waals surface area (Å²) in [6.45, 7) is 0. The van der Waals surface area contributed by atoms with Crippen molar-refractivity contribution in [2.75, 3.05) is 0 Å². The maximum absolute atomic E-state index is 5.07. The van der Waals surface area contributed by atoms with E-state index in [-0.39, 0.29) is 17.6 Å². The van der Waals surface area contributed by atoms with Gasteiger partial charge >= 0.3 is 54.3 Å². The second kappa shape index (κ2) is 8.85. The summed E-state index contributed by atoms with van der Waals surface area (Å²) >= 11 is 2.66. The van der Waals surface area contributed by atoms with Crippen LogP contribution in [0.25, 0.3) is 0 Å². The summed E-state index contributed by atoms with van der Waals surface area (Å²) < 4.78 is 0. The molecule has 0 aromatic rings. The molecule has 0 bridgehead atoms. The Kier molecular flexibility index (Phi) is 20.6. The Labute approximate surface area is 53.9 Å². The predicted molar refractivity (Wildman–Crippen MR) is 31.9 cm³/mol. The molecule has 0 aliphatic heterocycles. The van der Waals surface area contributed by atoms with Crippen LogP contribution in [0.2, 0.25) is 0 Å². The number of rotatable bonds is 0. The second-order valence-electron chi connectivity index (χ2n) is 0.0825. The normalized spacial score (nSPS) is 4.50. The van der Waals surface area contributed by atoms with Crippen molar-refractivity contribution in [3.63, 3.8) is 0 Å². The van der Waals surface area contributed by atoms with Crippen molar-refractivity contribution in [3.8, 4) is 0 Å².